The fraction of sp³-hybridized carbons (Fsp3) is 0.529. The van der Waals surface area contributed by atoms with Gasteiger partial charge < -0.3 is 15.4 Å². The standard InChI is InChI=1S/C17H24N2O3/c1-4-13-7-5-6-12(2)14(13)19-16(21)17(8-9-17)15(20)18-10-11-22-3/h5-7H,4,8-11H2,1-3H3,(H,18,20)(H,19,21). The summed E-state index contributed by atoms with van der Waals surface area (Å²) in [5.41, 5.74) is 2.04. The molecule has 1 aliphatic carbocycles. The number of methoxy groups -OCH3 is 1. The maximum Gasteiger partial charge on any atom is 0.240 e. The molecule has 5 heteroatoms. The average Bonchev–Trinajstić information content (AvgIpc) is 3.31. The summed E-state index contributed by atoms with van der Waals surface area (Å²) in [6.45, 7) is 4.89. The highest BCUT2D eigenvalue weighted by atomic mass is 16.5. The Kier molecular flexibility index (Phi) is 5.19. The smallest absolute Gasteiger partial charge is 0.240 e. The highest BCUT2D eigenvalue weighted by molar-refractivity contribution is 6.13. The van der Waals surface area contributed by atoms with Crippen LogP contribution in [0.25, 0.3) is 0 Å². The molecule has 0 heterocycles. The third-order valence-electron chi connectivity index (χ3n) is 4.19. The van der Waals surface area contributed by atoms with Crippen molar-refractivity contribution < 1.29 is 14.3 Å². The highest BCUT2D eigenvalue weighted by Crippen LogP contribution is 2.47. The minimum atomic E-state index is -0.902. The first-order valence-electron chi connectivity index (χ1n) is 7.72. The lowest BCUT2D eigenvalue weighted by molar-refractivity contribution is -0.134. The second kappa shape index (κ2) is 6.92. The van der Waals surface area contributed by atoms with Crippen molar-refractivity contribution in [2.24, 2.45) is 5.41 Å². The van der Waals surface area contributed by atoms with Crippen molar-refractivity contribution in [3.63, 3.8) is 0 Å². The van der Waals surface area contributed by atoms with Gasteiger partial charge in [0.15, 0.2) is 0 Å². The molecule has 2 amide bonds. The van der Waals surface area contributed by atoms with Crippen LogP contribution < -0.4 is 10.6 Å². The predicted molar refractivity (Wildman–Crippen MR) is 85.7 cm³/mol. The van der Waals surface area contributed by atoms with Crippen molar-refractivity contribution in [3.8, 4) is 0 Å². The first-order valence-corrected chi connectivity index (χ1v) is 7.72. The Labute approximate surface area is 131 Å². The number of aryl methyl sites for hydroxylation is 2. The van der Waals surface area contributed by atoms with Gasteiger partial charge in [-0.25, -0.2) is 0 Å². The summed E-state index contributed by atoms with van der Waals surface area (Å²) >= 11 is 0. The van der Waals surface area contributed by atoms with Crippen LogP contribution in [0.4, 0.5) is 5.69 Å². The zero-order valence-corrected chi connectivity index (χ0v) is 13.5. The number of hydrogen-bond acceptors (Lipinski definition) is 3. The molecule has 0 spiro atoms. The van der Waals surface area contributed by atoms with Gasteiger partial charge >= 0.3 is 0 Å². The Morgan fingerprint density at radius 1 is 1.27 bits per heavy atom. The molecule has 120 valence electrons. The zero-order chi connectivity index (χ0) is 16.2. The van der Waals surface area contributed by atoms with Gasteiger partial charge in [-0.3, -0.25) is 9.59 Å². The largest absolute Gasteiger partial charge is 0.383 e. The van der Waals surface area contributed by atoms with Crippen LogP contribution in [0, 0.1) is 12.3 Å². The minimum Gasteiger partial charge on any atom is -0.383 e. The molecule has 1 fully saturated rings. The Bertz CT molecular complexity index is 565. The number of benzene rings is 1. The number of nitrogens with one attached hydrogen (secondary N) is 2. The lowest BCUT2D eigenvalue weighted by atomic mass is 10.0. The van der Waals surface area contributed by atoms with E-state index in [4.69, 9.17) is 4.74 Å². The third-order valence-corrected chi connectivity index (χ3v) is 4.19. The van der Waals surface area contributed by atoms with E-state index in [1.165, 1.54) is 0 Å². The van der Waals surface area contributed by atoms with Crippen molar-refractivity contribution in [1.29, 1.82) is 0 Å². The molecule has 1 saturated carbocycles. The first-order chi connectivity index (χ1) is 10.5. The average molecular weight is 304 g/mol. The van der Waals surface area contributed by atoms with Crippen LogP contribution in [0.2, 0.25) is 0 Å². The van der Waals surface area contributed by atoms with Gasteiger partial charge in [-0.2, -0.15) is 0 Å². The van der Waals surface area contributed by atoms with Gasteiger partial charge in [-0.1, -0.05) is 25.1 Å². The Morgan fingerprint density at radius 2 is 2.00 bits per heavy atom. The molecule has 0 aliphatic heterocycles. The second-order valence-corrected chi connectivity index (χ2v) is 5.75. The van der Waals surface area contributed by atoms with E-state index in [0.29, 0.717) is 26.0 Å². The van der Waals surface area contributed by atoms with E-state index >= 15 is 0 Å². The fourth-order valence-electron chi connectivity index (χ4n) is 2.55. The van der Waals surface area contributed by atoms with Crippen molar-refractivity contribution in [2.45, 2.75) is 33.1 Å². The number of rotatable bonds is 7. The van der Waals surface area contributed by atoms with Crippen LogP contribution in [0.15, 0.2) is 18.2 Å². The Balaban J connectivity index is 2.08. The second-order valence-electron chi connectivity index (χ2n) is 5.75. The summed E-state index contributed by atoms with van der Waals surface area (Å²) in [6.07, 6.45) is 2.04. The molecular formula is C17H24N2O3. The van der Waals surface area contributed by atoms with E-state index in [1.54, 1.807) is 7.11 Å². The monoisotopic (exact) mass is 304 g/mol. The lowest BCUT2D eigenvalue weighted by Crippen LogP contribution is -2.41. The van der Waals surface area contributed by atoms with Crippen LogP contribution in [-0.4, -0.2) is 32.1 Å². The normalized spacial score (nSPS) is 15.2. The maximum atomic E-state index is 12.6. The van der Waals surface area contributed by atoms with Gasteiger partial charge in [0.2, 0.25) is 11.8 Å². The number of hydrogen-bond donors (Lipinski definition) is 2. The number of amides is 2. The van der Waals surface area contributed by atoms with Gasteiger partial charge in [-0.15, -0.1) is 0 Å². The summed E-state index contributed by atoms with van der Waals surface area (Å²) in [6, 6.07) is 5.95. The predicted octanol–water partition coefficient (Wildman–Crippen LogP) is 2.04. The summed E-state index contributed by atoms with van der Waals surface area (Å²) in [7, 11) is 1.58. The minimum absolute atomic E-state index is 0.200. The number of carbonyl (C=O) groups excluding carboxylic acids is 2. The molecule has 0 atom stereocenters. The first kappa shape index (κ1) is 16.5. The maximum absolute atomic E-state index is 12.6. The van der Waals surface area contributed by atoms with Crippen LogP contribution in [0.3, 0.4) is 0 Å². The van der Waals surface area contributed by atoms with E-state index in [9.17, 15) is 9.59 Å². The van der Waals surface area contributed by atoms with Crippen LogP contribution in [0.1, 0.15) is 30.9 Å². The number of carbonyl (C=O) groups is 2. The zero-order valence-electron chi connectivity index (χ0n) is 13.5. The fourth-order valence-corrected chi connectivity index (χ4v) is 2.55. The number of anilines is 1. The molecule has 0 bridgehead atoms. The summed E-state index contributed by atoms with van der Waals surface area (Å²) in [4.78, 5) is 24.8. The Morgan fingerprint density at radius 3 is 2.59 bits per heavy atom. The van der Waals surface area contributed by atoms with Crippen molar-refractivity contribution in [2.75, 3.05) is 25.6 Å². The van der Waals surface area contributed by atoms with E-state index in [0.717, 1.165) is 23.2 Å². The molecule has 1 aliphatic rings. The summed E-state index contributed by atoms with van der Waals surface area (Å²) in [5.74, 6) is -0.403. The third kappa shape index (κ3) is 3.30. The molecule has 0 radical (unpaired) electrons. The number of para-hydroxylation sites is 1. The van der Waals surface area contributed by atoms with Gasteiger partial charge in [0.25, 0.3) is 0 Å². The van der Waals surface area contributed by atoms with Crippen molar-refractivity contribution >= 4 is 17.5 Å². The van der Waals surface area contributed by atoms with Crippen LogP contribution in [-0.2, 0) is 20.7 Å². The van der Waals surface area contributed by atoms with Gasteiger partial charge in [0.1, 0.15) is 5.41 Å². The quantitative estimate of drug-likeness (QED) is 0.598. The molecule has 0 saturated heterocycles. The molecule has 0 aromatic heterocycles. The summed E-state index contributed by atoms with van der Waals surface area (Å²) < 4.78 is 4.91. The van der Waals surface area contributed by atoms with E-state index in [1.807, 2.05) is 25.1 Å². The molecule has 1 aromatic rings. The molecule has 22 heavy (non-hydrogen) atoms. The van der Waals surface area contributed by atoms with Crippen molar-refractivity contribution in [3.05, 3.63) is 29.3 Å². The highest BCUT2D eigenvalue weighted by Gasteiger charge is 2.56. The van der Waals surface area contributed by atoms with Gasteiger partial charge in [0, 0.05) is 19.3 Å². The van der Waals surface area contributed by atoms with Gasteiger partial charge in [-0.05, 0) is 37.3 Å². The SMILES string of the molecule is CCc1cccc(C)c1NC(=O)C1(C(=O)NCCOC)CC1. The topological polar surface area (TPSA) is 67.4 Å². The van der Waals surface area contributed by atoms with Crippen molar-refractivity contribution in [1.82, 2.24) is 5.32 Å². The molecule has 2 N–H and O–H groups in total. The van der Waals surface area contributed by atoms with Crippen LogP contribution in [0.5, 0.6) is 0 Å². The molecule has 5 nitrogen and oxygen atoms in total. The molecular weight excluding hydrogens is 280 g/mol. The Hall–Kier alpha value is -1.88. The van der Waals surface area contributed by atoms with E-state index < -0.39 is 5.41 Å². The van der Waals surface area contributed by atoms with Gasteiger partial charge in [0.05, 0.1) is 6.61 Å². The lowest BCUT2D eigenvalue weighted by Gasteiger charge is -2.18. The molecule has 1 aromatic carbocycles. The summed E-state index contributed by atoms with van der Waals surface area (Å²) in [5, 5.41) is 5.74. The van der Waals surface area contributed by atoms with E-state index in [-0.39, 0.29) is 11.8 Å². The molecule has 2 rings (SSSR count). The van der Waals surface area contributed by atoms with E-state index in [2.05, 4.69) is 17.6 Å². The molecule has 0 unspecified atom stereocenters. The number of ether oxygens (including phenoxy) is 1. The van der Waals surface area contributed by atoms with Crippen LogP contribution >= 0.6 is 0 Å².